The highest BCUT2D eigenvalue weighted by Gasteiger charge is 2.26. The third kappa shape index (κ3) is 2.09. The SMILES string of the molecule is CC1CCN(c2ncc[nH]c2=O)CC1CN. The highest BCUT2D eigenvalue weighted by Crippen LogP contribution is 2.23. The van der Waals surface area contributed by atoms with Gasteiger partial charge in [-0.1, -0.05) is 6.92 Å². The Morgan fingerprint density at radius 3 is 3.19 bits per heavy atom. The van der Waals surface area contributed by atoms with Crippen LogP contribution in [0.1, 0.15) is 13.3 Å². The second-order valence-electron chi connectivity index (χ2n) is 4.45. The van der Waals surface area contributed by atoms with Crippen LogP contribution in [0.25, 0.3) is 0 Å². The lowest BCUT2D eigenvalue weighted by Crippen LogP contribution is -2.44. The summed E-state index contributed by atoms with van der Waals surface area (Å²) in [7, 11) is 0. The van der Waals surface area contributed by atoms with Crippen LogP contribution in [-0.2, 0) is 0 Å². The molecule has 0 aliphatic carbocycles. The predicted octanol–water partition coefficient (Wildman–Crippen LogP) is 0.191. The molecule has 0 amide bonds. The number of nitrogens with one attached hydrogen (secondary N) is 1. The van der Waals surface area contributed by atoms with E-state index in [0.29, 0.717) is 24.2 Å². The van der Waals surface area contributed by atoms with E-state index in [4.69, 9.17) is 5.73 Å². The Morgan fingerprint density at radius 1 is 1.69 bits per heavy atom. The van der Waals surface area contributed by atoms with Crippen LogP contribution >= 0.6 is 0 Å². The normalized spacial score (nSPS) is 25.8. The average Bonchev–Trinajstić information content (AvgIpc) is 2.31. The highest BCUT2D eigenvalue weighted by molar-refractivity contribution is 5.35. The van der Waals surface area contributed by atoms with Gasteiger partial charge in [-0.15, -0.1) is 0 Å². The molecule has 1 saturated heterocycles. The van der Waals surface area contributed by atoms with E-state index in [1.54, 1.807) is 12.4 Å². The number of hydrogen-bond donors (Lipinski definition) is 2. The first-order valence-corrected chi connectivity index (χ1v) is 5.71. The Labute approximate surface area is 94.7 Å². The number of H-pyrrole nitrogens is 1. The van der Waals surface area contributed by atoms with Crippen LogP contribution in [0.5, 0.6) is 0 Å². The summed E-state index contributed by atoms with van der Waals surface area (Å²) in [4.78, 5) is 20.4. The van der Waals surface area contributed by atoms with E-state index in [9.17, 15) is 4.79 Å². The van der Waals surface area contributed by atoms with Crippen LogP contribution in [0.4, 0.5) is 5.82 Å². The van der Waals surface area contributed by atoms with E-state index in [0.717, 1.165) is 19.5 Å². The van der Waals surface area contributed by atoms with Gasteiger partial charge in [0.15, 0.2) is 5.82 Å². The first-order valence-electron chi connectivity index (χ1n) is 5.71. The second kappa shape index (κ2) is 4.65. The summed E-state index contributed by atoms with van der Waals surface area (Å²) in [5.74, 6) is 1.60. The van der Waals surface area contributed by atoms with Crippen molar-refractivity contribution in [1.29, 1.82) is 0 Å². The second-order valence-corrected chi connectivity index (χ2v) is 4.45. The number of hydrogen-bond acceptors (Lipinski definition) is 4. The van der Waals surface area contributed by atoms with Gasteiger partial charge >= 0.3 is 0 Å². The molecule has 16 heavy (non-hydrogen) atoms. The standard InChI is InChI=1S/C11H18N4O/c1-8-2-5-15(7-9(8)6-12)10-11(16)14-4-3-13-10/h3-4,8-9H,2,5-7,12H2,1H3,(H,14,16). The minimum atomic E-state index is -0.118. The monoisotopic (exact) mass is 222 g/mol. The van der Waals surface area contributed by atoms with Gasteiger partial charge in [0.1, 0.15) is 0 Å². The van der Waals surface area contributed by atoms with Crippen LogP contribution in [-0.4, -0.2) is 29.6 Å². The van der Waals surface area contributed by atoms with Gasteiger partial charge in [-0.05, 0) is 24.8 Å². The van der Waals surface area contributed by atoms with Crippen LogP contribution in [0.3, 0.4) is 0 Å². The highest BCUT2D eigenvalue weighted by atomic mass is 16.1. The van der Waals surface area contributed by atoms with Gasteiger partial charge in [-0.25, -0.2) is 4.98 Å². The van der Waals surface area contributed by atoms with E-state index in [2.05, 4.69) is 16.9 Å². The number of rotatable bonds is 2. The number of anilines is 1. The summed E-state index contributed by atoms with van der Waals surface area (Å²) in [6.45, 7) is 4.61. The van der Waals surface area contributed by atoms with Crippen molar-refractivity contribution in [1.82, 2.24) is 9.97 Å². The van der Waals surface area contributed by atoms with E-state index < -0.39 is 0 Å². The fourth-order valence-electron chi connectivity index (χ4n) is 2.22. The molecule has 88 valence electrons. The number of aromatic amines is 1. The molecule has 0 radical (unpaired) electrons. The van der Waals surface area contributed by atoms with Crippen molar-refractivity contribution in [2.45, 2.75) is 13.3 Å². The summed E-state index contributed by atoms with van der Waals surface area (Å²) in [5.41, 5.74) is 5.62. The number of nitrogens with two attached hydrogens (primary N) is 1. The quantitative estimate of drug-likeness (QED) is 0.749. The molecular weight excluding hydrogens is 204 g/mol. The Bertz CT molecular complexity index is 403. The Kier molecular flexibility index (Phi) is 3.24. The van der Waals surface area contributed by atoms with Gasteiger partial charge < -0.3 is 15.6 Å². The zero-order chi connectivity index (χ0) is 11.5. The van der Waals surface area contributed by atoms with Gasteiger partial charge in [-0.2, -0.15) is 0 Å². The summed E-state index contributed by atoms with van der Waals surface area (Å²) in [6, 6.07) is 0. The summed E-state index contributed by atoms with van der Waals surface area (Å²) < 4.78 is 0. The lowest BCUT2D eigenvalue weighted by Gasteiger charge is -2.36. The maximum Gasteiger partial charge on any atom is 0.290 e. The third-order valence-corrected chi connectivity index (χ3v) is 3.41. The molecule has 1 aromatic rings. The maximum atomic E-state index is 11.6. The van der Waals surface area contributed by atoms with Crippen molar-refractivity contribution < 1.29 is 0 Å². The van der Waals surface area contributed by atoms with Gasteiger partial charge in [0.05, 0.1) is 0 Å². The molecule has 1 fully saturated rings. The minimum absolute atomic E-state index is 0.118. The predicted molar refractivity (Wildman–Crippen MR) is 63.4 cm³/mol. The molecule has 5 heteroatoms. The van der Waals surface area contributed by atoms with E-state index in [1.807, 2.05) is 4.90 Å². The first kappa shape index (κ1) is 11.1. The van der Waals surface area contributed by atoms with Crippen molar-refractivity contribution in [3.05, 3.63) is 22.7 Å². The van der Waals surface area contributed by atoms with Gasteiger partial charge in [0, 0.05) is 25.5 Å². The molecule has 2 heterocycles. The van der Waals surface area contributed by atoms with E-state index >= 15 is 0 Å². The van der Waals surface area contributed by atoms with Gasteiger partial charge in [-0.3, -0.25) is 4.79 Å². The summed E-state index contributed by atoms with van der Waals surface area (Å²) in [5, 5.41) is 0. The number of piperidine rings is 1. The van der Waals surface area contributed by atoms with Crippen LogP contribution in [0.2, 0.25) is 0 Å². The summed E-state index contributed by atoms with van der Waals surface area (Å²) >= 11 is 0. The molecule has 0 saturated carbocycles. The topological polar surface area (TPSA) is 75.0 Å². The van der Waals surface area contributed by atoms with Gasteiger partial charge in [0.25, 0.3) is 5.56 Å². The van der Waals surface area contributed by atoms with Crippen LogP contribution in [0.15, 0.2) is 17.2 Å². The Balaban J connectivity index is 2.18. The average molecular weight is 222 g/mol. The van der Waals surface area contributed by atoms with E-state index in [1.165, 1.54) is 0 Å². The molecule has 0 aromatic carbocycles. The Morgan fingerprint density at radius 2 is 2.50 bits per heavy atom. The molecule has 2 unspecified atom stereocenters. The van der Waals surface area contributed by atoms with Crippen LogP contribution < -0.4 is 16.2 Å². The van der Waals surface area contributed by atoms with Crippen molar-refractivity contribution in [2.75, 3.05) is 24.5 Å². The molecule has 5 nitrogen and oxygen atoms in total. The first-order chi connectivity index (χ1) is 7.72. The number of nitrogens with zero attached hydrogens (tertiary/aromatic N) is 2. The molecular formula is C11H18N4O. The largest absolute Gasteiger partial charge is 0.352 e. The molecule has 1 aliphatic rings. The molecule has 2 atom stereocenters. The maximum absolute atomic E-state index is 11.6. The lowest BCUT2D eigenvalue weighted by atomic mass is 9.87. The minimum Gasteiger partial charge on any atom is -0.352 e. The van der Waals surface area contributed by atoms with Crippen molar-refractivity contribution in [2.24, 2.45) is 17.6 Å². The molecule has 2 rings (SSSR count). The van der Waals surface area contributed by atoms with Crippen molar-refractivity contribution >= 4 is 5.82 Å². The molecule has 0 bridgehead atoms. The third-order valence-electron chi connectivity index (χ3n) is 3.41. The van der Waals surface area contributed by atoms with Gasteiger partial charge in [0.2, 0.25) is 0 Å². The zero-order valence-corrected chi connectivity index (χ0v) is 9.52. The molecule has 1 aromatic heterocycles. The van der Waals surface area contributed by atoms with Crippen LogP contribution in [0, 0.1) is 11.8 Å². The molecule has 0 spiro atoms. The molecule has 1 aliphatic heterocycles. The van der Waals surface area contributed by atoms with E-state index in [-0.39, 0.29) is 5.56 Å². The lowest BCUT2D eigenvalue weighted by molar-refractivity contribution is 0.306. The van der Waals surface area contributed by atoms with Crippen molar-refractivity contribution in [3.63, 3.8) is 0 Å². The van der Waals surface area contributed by atoms with Crippen molar-refractivity contribution in [3.8, 4) is 0 Å². The number of aromatic nitrogens is 2. The summed E-state index contributed by atoms with van der Waals surface area (Å²) in [6.07, 6.45) is 4.24. The fourth-order valence-corrected chi connectivity index (χ4v) is 2.22. The zero-order valence-electron chi connectivity index (χ0n) is 9.52. The fraction of sp³-hybridized carbons (Fsp3) is 0.636. The smallest absolute Gasteiger partial charge is 0.290 e. The molecule has 3 N–H and O–H groups in total. The Hall–Kier alpha value is -1.36.